The molecule has 19 heteroatoms. The van der Waals surface area contributed by atoms with Crippen LogP contribution in [-0.2, 0) is 60.4 Å². The SMILES string of the molecule is CON(C)C(=O)COCCn1cc2c(c1-c1ccccc1)c(=O)n(C)c(=O)n2C.Cn1c(=O)c2c(-c3ccccc3)n(CCOCC(=O)c3nc(Cl)cs3)cc2n(C)c1=O. The third-order valence-corrected chi connectivity index (χ3v) is 11.1. The predicted molar refractivity (Wildman–Crippen MR) is 229 cm³/mol. The van der Waals surface area contributed by atoms with E-state index < -0.39 is 5.69 Å². The standard InChI is InChI=1S/C21H19ClN4O4S.C20H24N4O5/c1-24-14-10-26(8-9-30-11-15(27)19-23-16(22)12-31-19)18(13-6-4-3-5-7-13)17(14)20(28)25(2)21(24)29;1-21-15-12-24(10-11-29-13-16(25)23(3)28-4)18(14-8-6-5-7-9-14)17(15)19(26)22(2)20(21)27/h3-7,10,12H,8-9,11H2,1-2H3;5-9,12H,10-11,13H2,1-4H3. The molecule has 0 saturated carbocycles. The predicted octanol–water partition coefficient (Wildman–Crippen LogP) is 3.46. The van der Waals surface area contributed by atoms with Gasteiger partial charge in [-0.15, -0.1) is 11.3 Å². The fourth-order valence-electron chi connectivity index (χ4n) is 6.63. The second kappa shape index (κ2) is 18.8. The minimum atomic E-state index is -0.391. The van der Waals surface area contributed by atoms with Gasteiger partial charge in [0, 0.05) is 66.1 Å². The number of rotatable bonds is 14. The van der Waals surface area contributed by atoms with Crippen LogP contribution in [0.15, 0.2) is 97.6 Å². The Morgan fingerprint density at radius 2 is 1.15 bits per heavy atom. The normalized spacial score (nSPS) is 11.2. The van der Waals surface area contributed by atoms with E-state index in [1.807, 2.05) is 69.8 Å². The van der Waals surface area contributed by atoms with Gasteiger partial charge >= 0.3 is 11.4 Å². The first-order valence-electron chi connectivity index (χ1n) is 18.5. The molecule has 0 aliphatic rings. The van der Waals surface area contributed by atoms with Crippen LogP contribution >= 0.6 is 22.9 Å². The number of aromatic nitrogens is 7. The number of carbonyl (C=O) groups is 2. The molecule has 0 unspecified atom stereocenters. The maximum absolute atomic E-state index is 12.9. The maximum Gasteiger partial charge on any atom is 0.330 e. The van der Waals surface area contributed by atoms with Crippen molar-refractivity contribution in [1.29, 1.82) is 0 Å². The van der Waals surface area contributed by atoms with Crippen molar-refractivity contribution in [2.45, 2.75) is 13.1 Å². The fraction of sp³-hybridized carbons (Fsp3) is 0.293. The van der Waals surface area contributed by atoms with E-state index in [0.717, 1.165) is 25.3 Å². The van der Waals surface area contributed by atoms with Crippen LogP contribution in [0.25, 0.3) is 44.3 Å². The first kappa shape index (κ1) is 43.4. The second-order valence-corrected chi connectivity index (χ2v) is 14.8. The number of carbonyl (C=O) groups excluding carboxylic acids is 2. The number of fused-ring (bicyclic) bond motifs is 2. The number of hydrogen-bond acceptors (Lipinski definition) is 11. The van der Waals surface area contributed by atoms with Gasteiger partial charge in [-0.2, -0.15) is 0 Å². The van der Waals surface area contributed by atoms with E-state index in [4.69, 9.17) is 25.9 Å². The van der Waals surface area contributed by atoms with Crippen LogP contribution in [0.2, 0.25) is 5.15 Å². The summed E-state index contributed by atoms with van der Waals surface area (Å²) in [6, 6.07) is 19.0. The third kappa shape index (κ3) is 8.87. The average molecular weight is 859 g/mol. The van der Waals surface area contributed by atoms with Gasteiger partial charge in [-0.05, 0) is 11.1 Å². The van der Waals surface area contributed by atoms with Crippen LogP contribution in [0.3, 0.4) is 0 Å². The van der Waals surface area contributed by atoms with Crippen molar-refractivity contribution >= 4 is 56.4 Å². The number of ketones is 1. The van der Waals surface area contributed by atoms with Crippen LogP contribution in [0, 0.1) is 0 Å². The Balaban J connectivity index is 0.000000202. The quantitative estimate of drug-likeness (QED) is 0.0895. The van der Waals surface area contributed by atoms with Gasteiger partial charge in [0.2, 0.25) is 5.78 Å². The summed E-state index contributed by atoms with van der Waals surface area (Å²) in [5.41, 5.74) is 2.73. The number of thiazole rings is 1. The minimum Gasteiger partial charge on any atom is -0.371 e. The number of hydroxylamine groups is 2. The first-order valence-corrected chi connectivity index (χ1v) is 19.8. The monoisotopic (exact) mass is 858 g/mol. The molecule has 314 valence electrons. The largest absolute Gasteiger partial charge is 0.371 e. The Labute approximate surface area is 351 Å². The van der Waals surface area contributed by atoms with Gasteiger partial charge in [-0.3, -0.25) is 42.3 Å². The van der Waals surface area contributed by atoms with Crippen molar-refractivity contribution in [2.24, 2.45) is 28.2 Å². The number of Topliss-reactive ketones (excluding diaryl/α,β-unsaturated/α-hetero) is 1. The van der Waals surface area contributed by atoms with E-state index in [2.05, 4.69) is 4.98 Å². The summed E-state index contributed by atoms with van der Waals surface area (Å²) >= 11 is 6.93. The van der Waals surface area contributed by atoms with Gasteiger partial charge in [0.1, 0.15) is 18.4 Å². The third-order valence-electron chi connectivity index (χ3n) is 9.87. The molecule has 2 aromatic carbocycles. The highest BCUT2D eigenvalue weighted by Gasteiger charge is 2.21. The van der Waals surface area contributed by atoms with Crippen LogP contribution < -0.4 is 22.5 Å². The Morgan fingerprint density at radius 1 is 0.700 bits per heavy atom. The number of ether oxygens (including phenoxy) is 2. The lowest BCUT2D eigenvalue weighted by molar-refractivity contribution is -0.173. The first-order chi connectivity index (χ1) is 28.7. The van der Waals surface area contributed by atoms with Gasteiger partial charge in [0.05, 0.1) is 53.5 Å². The summed E-state index contributed by atoms with van der Waals surface area (Å²) in [4.78, 5) is 83.2. The molecule has 17 nitrogen and oxygen atoms in total. The molecule has 0 spiro atoms. The van der Waals surface area contributed by atoms with Crippen LogP contribution in [-0.4, -0.2) is 89.7 Å². The van der Waals surface area contributed by atoms with Crippen molar-refractivity contribution in [2.75, 3.05) is 40.6 Å². The van der Waals surface area contributed by atoms with Crippen molar-refractivity contribution in [1.82, 2.24) is 37.4 Å². The summed E-state index contributed by atoms with van der Waals surface area (Å²) < 4.78 is 19.9. The van der Waals surface area contributed by atoms with E-state index >= 15 is 0 Å². The molecule has 0 bridgehead atoms. The van der Waals surface area contributed by atoms with Crippen LogP contribution in [0.4, 0.5) is 0 Å². The molecule has 60 heavy (non-hydrogen) atoms. The summed E-state index contributed by atoms with van der Waals surface area (Å²) in [6.45, 7) is 1.04. The van der Waals surface area contributed by atoms with Crippen molar-refractivity contribution in [3.63, 3.8) is 0 Å². The van der Waals surface area contributed by atoms with Gasteiger partial charge < -0.3 is 18.6 Å². The number of benzene rings is 2. The molecule has 7 aromatic rings. The van der Waals surface area contributed by atoms with E-state index in [1.54, 1.807) is 31.9 Å². The highest BCUT2D eigenvalue weighted by molar-refractivity contribution is 7.12. The molecule has 0 atom stereocenters. The molecule has 1 amide bonds. The zero-order valence-electron chi connectivity index (χ0n) is 33.8. The number of nitrogens with zero attached hydrogens (tertiary/aromatic N) is 8. The highest BCUT2D eigenvalue weighted by Crippen LogP contribution is 2.29. The number of hydrogen-bond donors (Lipinski definition) is 0. The van der Waals surface area contributed by atoms with Crippen molar-refractivity contribution < 1.29 is 23.9 Å². The van der Waals surface area contributed by atoms with E-state index in [9.17, 15) is 28.8 Å². The molecular formula is C41H43ClN8O9S. The molecular weight excluding hydrogens is 816 g/mol. The summed E-state index contributed by atoms with van der Waals surface area (Å²) in [5, 5.41) is 4.21. The number of amides is 1. The molecule has 5 aromatic heterocycles. The Bertz CT molecular complexity index is 2930. The van der Waals surface area contributed by atoms with E-state index in [-0.39, 0.29) is 60.1 Å². The van der Waals surface area contributed by atoms with Crippen LogP contribution in [0.1, 0.15) is 9.80 Å². The number of aryl methyl sites for hydroxylation is 2. The van der Waals surface area contributed by atoms with Gasteiger partial charge in [0.25, 0.3) is 17.0 Å². The van der Waals surface area contributed by atoms with E-state index in [1.165, 1.54) is 48.7 Å². The molecule has 0 aliphatic carbocycles. The lowest BCUT2D eigenvalue weighted by Crippen LogP contribution is -2.36. The van der Waals surface area contributed by atoms with Gasteiger partial charge in [-0.1, -0.05) is 72.3 Å². The smallest absolute Gasteiger partial charge is 0.330 e. The zero-order valence-corrected chi connectivity index (χ0v) is 35.4. The Morgan fingerprint density at radius 3 is 1.57 bits per heavy atom. The maximum atomic E-state index is 12.9. The fourth-order valence-corrected chi connectivity index (χ4v) is 7.50. The van der Waals surface area contributed by atoms with E-state index in [0.29, 0.717) is 51.3 Å². The Kier molecular flexibility index (Phi) is 13.6. The number of halogens is 1. The zero-order chi connectivity index (χ0) is 43.2. The lowest BCUT2D eigenvalue weighted by atomic mass is 10.1. The Hall–Kier alpha value is -6.18. The molecule has 0 aliphatic heterocycles. The molecule has 0 N–H and O–H groups in total. The summed E-state index contributed by atoms with van der Waals surface area (Å²) in [6.07, 6.45) is 3.54. The minimum absolute atomic E-state index is 0.119. The van der Waals surface area contributed by atoms with Crippen molar-refractivity contribution in [3.05, 3.63) is 130 Å². The topological polar surface area (TPSA) is 176 Å². The molecule has 0 radical (unpaired) electrons. The van der Waals surface area contributed by atoms with Gasteiger partial charge in [-0.25, -0.2) is 19.6 Å². The van der Waals surface area contributed by atoms with Gasteiger partial charge in [0.15, 0.2) is 5.01 Å². The van der Waals surface area contributed by atoms with Crippen molar-refractivity contribution in [3.8, 4) is 22.5 Å². The number of likely N-dealkylation sites (N-methyl/N-ethyl adjacent to an activating group) is 1. The molecule has 0 saturated heterocycles. The molecule has 5 heterocycles. The second-order valence-electron chi connectivity index (χ2n) is 13.6. The summed E-state index contributed by atoms with van der Waals surface area (Å²) in [7, 11) is 9.12. The van der Waals surface area contributed by atoms with Crippen LogP contribution in [0.5, 0.6) is 0 Å². The highest BCUT2D eigenvalue weighted by atomic mass is 35.5. The molecule has 0 fully saturated rings. The lowest BCUT2D eigenvalue weighted by Gasteiger charge is -2.14. The summed E-state index contributed by atoms with van der Waals surface area (Å²) in [5.74, 6) is -0.543. The average Bonchev–Trinajstić information content (AvgIpc) is 3.99. The molecule has 7 rings (SSSR count).